The van der Waals surface area contributed by atoms with Gasteiger partial charge in [0.15, 0.2) is 0 Å². The number of benzene rings is 3. The zero-order valence-electron chi connectivity index (χ0n) is 17.0. The molecule has 0 bridgehead atoms. The number of nitrogens with zero attached hydrogens (tertiary/aromatic N) is 2. The van der Waals surface area contributed by atoms with E-state index in [9.17, 15) is 24.5 Å². The first-order chi connectivity index (χ1) is 15.8. The molecule has 9 nitrogen and oxygen atoms in total. The first-order valence-electron chi connectivity index (χ1n) is 9.87. The maximum absolute atomic E-state index is 13.4. The minimum atomic E-state index is -1.11. The number of non-ortho nitro benzene ring substituents is 1. The Kier molecular flexibility index (Phi) is 6.18. The van der Waals surface area contributed by atoms with Crippen LogP contribution in [0.25, 0.3) is 0 Å². The first kappa shape index (κ1) is 22.2. The van der Waals surface area contributed by atoms with Gasteiger partial charge in [-0.25, -0.2) is 0 Å². The molecule has 1 atom stereocenters. The lowest BCUT2D eigenvalue weighted by Crippen LogP contribution is -2.52. The van der Waals surface area contributed by atoms with Gasteiger partial charge in [-0.15, -0.1) is 0 Å². The highest BCUT2D eigenvalue weighted by molar-refractivity contribution is 9.10. The summed E-state index contributed by atoms with van der Waals surface area (Å²) >= 11 is 3.33. The molecular weight excluding hydrogens is 492 g/mol. The number of anilines is 3. The second-order valence-corrected chi connectivity index (χ2v) is 8.18. The summed E-state index contributed by atoms with van der Waals surface area (Å²) in [6, 6.07) is 17.7. The van der Waals surface area contributed by atoms with Crippen molar-refractivity contribution in [3.05, 3.63) is 92.9 Å². The third-order valence-electron chi connectivity index (χ3n) is 5.09. The molecule has 0 unspecified atom stereocenters. The SMILES string of the molecule is O=C(C[C@H]1C(=O)Nc2ccccc2N1C(=O)c1ccc([N+](=O)[O-])cc1)Nc1ccc(Br)cc1. The normalized spacial score (nSPS) is 14.8. The fourth-order valence-corrected chi connectivity index (χ4v) is 3.78. The molecule has 1 aliphatic heterocycles. The van der Waals surface area contributed by atoms with Crippen LogP contribution in [0.3, 0.4) is 0 Å². The summed E-state index contributed by atoms with van der Waals surface area (Å²) in [6.45, 7) is 0. The molecule has 3 amide bonds. The number of hydrogen-bond donors (Lipinski definition) is 2. The monoisotopic (exact) mass is 508 g/mol. The third kappa shape index (κ3) is 4.75. The number of nitrogens with one attached hydrogen (secondary N) is 2. The van der Waals surface area contributed by atoms with Crippen molar-refractivity contribution >= 4 is 56.4 Å². The molecule has 0 saturated carbocycles. The average molecular weight is 509 g/mol. The molecule has 1 heterocycles. The Bertz CT molecular complexity index is 1240. The Morgan fingerprint density at radius 2 is 1.70 bits per heavy atom. The van der Waals surface area contributed by atoms with Gasteiger partial charge in [-0.05, 0) is 48.5 Å². The molecule has 2 N–H and O–H groups in total. The van der Waals surface area contributed by atoms with Crippen molar-refractivity contribution in [2.24, 2.45) is 0 Å². The van der Waals surface area contributed by atoms with E-state index in [1.165, 1.54) is 29.2 Å². The Morgan fingerprint density at radius 1 is 1.03 bits per heavy atom. The van der Waals surface area contributed by atoms with Crippen molar-refractivity contribution in [1.29, 1.82) is 0 Å². The standard InChI is InChI=1S/C23H17BrN4O5/c24-15-7-9-16(10-8-15)25-21(29)13-20-22(30)26-18-3-1-2-4-19(18)27(20)23(31)14-5-11-17(12-6-14)28(32)33/h1-12,20H,13H2,(H,25,29)(H,26,30)/t20-/m0/s1. The van der Waals surface area contributed by atoms with Crippen molar-refractivity contribution in [1.82, 2.24) is 0 Å². The largest absolute Gasteiger partial charge is 0.326 e. The van der Waals surface area contributed by atoms with Gasteiger partial charge in [0.05, 0.1) is 22.7 Å². The predicted octanol–water partition coefficient (Wildman–Crippen LogP) is 4.35. The van der Waals surface area contributed by atoms with E-state index in [1.54, 1.807) is 48.5 Å². The van der Waals surface area contributed by atoms with Crippen molar-refractivity contribution in [3.63, 3.8) is 0 Å². The van der Waals surface area contributed by atoms with Gasteiger partial charge in [0, 0.05) is 27.9 Å². The van der Waals surface area contributed by atoms with E-state index in [1.807, 2.05) is 0 Å². The zero-order chi connectivity index (χ0) is 23.5. The first-order valence-corrected chi connectivity index (χ1v) is 10.7. The summed E-state index contributed by atoms with van der Waals surface area (Å²) < 4.78 is 0.851. The molecule has 1 aliphatic rings. The molecule has 166 valence electrons. The second kappa shape index (κ2) is 9.21. The minimum Gasteiger partial charge on any atom is -0.326 e. The fourth-order valence-electron chi connectivity index (χ4n) is 3.51. The van der Waals surface area contributed by atoms with Gasteiger partial charge in [-0.3, -0.25) is 29.4 Å². The molecule has 0 aromatic heterocycles. The van der Waals surface area contributed by atoms with Crippen LogP contribution in [0.5, 0.6) is 0 Å². The molecule has 33 heavy (non-hydrogen) atoms. The number of carbonyl (C=O) groups excluding carboxylic acids is 3. The van der Waals surface area contributed by atoms with Crippen LogP contribution in [0.4, 0.5) is 22.7 Å². The molecule has 3 aromatic carbocycles. The number of nitro groups is 1. The molecule has 0 spiro atoms. The summed E-state index contributed by atoms with van der Waals surface area (Å²) in [5.41, 5.74) is 1.41. The van der Waals surface area contributed by atoms with E-state index in [0.29, 0.717) is 17.1 Å². The molecule has 4 rings (SSSR count). The van der Waals surface area contributed by atoms with Crippen LogP contribution in [0.1, 0.15) is 16.8 Å². The smallest absolute Gasteiger partial charge is 0.269 e. The van der Waals surface area contributed by atoms with Gasteiger partial charge in [-0.2, -0.15) is 0 Å². The Balaban J connectivity index is 1.64. The second-order valence-electron chi connectivity index (χ2n) is 7.26. The van der Waals surface area contributed by atoms with E-state index >= 15 is 0 Å². The van der Waals surface area contributed by atoms with Crippen LogP contribution in [-0.2, 0) is 9.59 Å². The van der Waals surface area contributed by atoms with E-state index in [-0.39, 0.29) is 17.7 Å². The van der Waals surface area contributed by atoms with Crippen LogP contribution in [-0.4, -0.2) is 28.7 Å². The number of carbonyl (C=O) groups is 3. The number of rotatable bonds is 5. The van der Waals surface area contributed by atoms with Gasteiger partial charge < -0.3 is 10.6 Å². The quantitative estimate of drug-likeness (QED) is 0.391. The number of halogens is 1. The van der Waals surface area contributed by atoms with Gasteiger partial charge in [0.25, 0.3) is 11.6 Å². The van der Waals surface area contributed by atoms with Gasteiger partial charge >= 0.3 is 0 Å². The molecule has 0 aliphatic carbocycles. The van der Waals surface area contributed by atoms with Crippen LogP contribution in [0.15, 0.2) is 77.3 Å². The molecule has 10 heteroatoms. The lowest BCUT2D eigenvalue weighted by molar-refractivity contribution is -0.384. The van der Waals surface area contributed by atoms with Crippen LogP contribution in [0, 0.1) is 10.1 Å². The van der Waals surface area contributed by atoms with Gasteiger partial charge in [-0.1, -0.05) is 28.1 Å². The highest BCUT2D eigenvalue weighted by Crippen LogP contribution is 2.34. The summed E-state index contributed by atoms with van der Waals surface area (Å²) in [5, 5.41) is 16.4. The number of para-hydroxylation sites is 2. The number of nitro benzene ring substituents is 1. The molecular formula is C23H17BrN4O5. The summed E-state index contributed by atoms with van der Waals surface area (Å²) in [5.74, 6) is -1.50. The fraction of sp³-hybridized carbons (Fsp3) is 0.0870. The summed E-state index contributed by atoms with van der Waals surface area (Å²) in [4.78, 5) is 50.7. The highest BCUT2D eigenvalue weighted by Gasteiger charge is 2.38. The predicted molar refractivity (Wildman–Crippen MR) is 126 cm³/mol. The Labute approximate surface area is 196 Å². The van der Waals surface area contributed by atoms with Crippen LogP contribution >= 0.6 is 15.9 Å². The minimum absolute atomic E-state index is 0.156. The van der Waals surface area contributed by atoms with Gasteiger partial charge in [0.2, 0.25) is 11.8 Å². The molecule has 0 saturated heterocycles. The Hall–Kier alpha value is -4.05. The topological polar surface area (TPSA) is 122 Å². The van der Waals surface area contributed by atoms with Crippen LogP contribution in [0.2, 0.25) is 0 Å². The zero-order valence-corrected chi connectivity index (χ0v) is 18.6. The third-order valence-corrected chi connectivity index (χ3v) is 5.62. The summed E-state index contributed by atoms with van der Waals surface area (Å²) in [7, 11) is 0. The van der Waals surface area contributed by atoms with Gasteiger partial charge in [0.1, 0.15) is 6.04 Å². The van der Waals surface area contributed by atoms with E-state index in [4.69, 9.17) is 0 Å². The van der Waals surface area contributed by atoms with E-state index in [0.717, 1.165) is 4.47 Å². The maximum atomic E-state index is 13.4. The van der Waals surface area contributed by atoms with Crippen molar-refractivity contribution in [3.8, 4) is 0 Å². The molecule has 0 radical (unpaired) electrons. The lowest BCUT2D eigenvalue weighted by atomic mass is 10.0. The van der Waals surface area contributed by atoms with Crippen molar-refractivity contribution in [2.75, 3.05) is 15.5 Å². The highest BCUT2D eigenvalue weighted by atomic mass is 79.9. The van der Waals surface area contributed by atoms with E-state index < -0.39 is 28.7 Å². The number of hydrogen-bond acceptors (Lipinski definition) is 5. The Morgan fingerprint density at radius 3 is 2.36 bits per heavy atom. The number of amides is 3. The summed E-state index contributed by atoms with van der Waals surface area (Å²) in [6.07, 6.45) is -0.283. The van der Waals surface area contributed by atoms with Crippen molar-refractivity contribution in [2.45, 2.75) is 12.5 Å². The number of fused-ring (bicyclic) bond motifs is 1. The van der Waals surface area contributed by atoms with Crippen LogP contribution < -0.4 is 15.5 Å². The average Bonchev–Trinajstić information content (AvgIpc) is 2.80. The van der Waals surface area contributed by atoms with E-state index in [2.05, 4.69) is 26.6 Å². The van der Waals surface area contributed by atoms with Crippen molar-refractivity contribution < 1.29 is 19.3 Å². The molecule has 0 fully saturated rings. The maximum Gasteiger partial charge on any atom is 0.269 e. The molecule has 3 aromatic rings. The lowest BCUT2D eigenvalue weighted by Gasteiger charge is -2.36.